The second-order valence-corrected chi connectivity index (χ2v) is 7.49. The second kappa shape index (κ2) is 7.25. The highest BCUT2D eigenvalue weighted by Gasteiger charge is 2.30. The number of aromatic amines is 1. The molecule has 0 spiro atoms. The molecular weight excluding hydrogens is 401 g/mol. The maximum Gasteiger partial charge on any atom is 0.416 e. The average Bonchev–Trinajstić information content (AvgIpc) is 3.27. The number of carbonyl (C=O) groups excluding carboxylic acids is 1. The van der Waals surface area contributed by atoms with E-state index in [1.165, 1.54) is 12.1 Å². The van der Waals surface area contributed by atoms with Crippen LogP contribution in [0.3, 0.4) is 0 Å². The van der Waals surface area contributed by atoms with Crippen LogP contribution >= 0.6 is 11.3 Å². The van der Waals surface area contributed by atoms with E-state index in [-0.39, 0.29) is 5.69 Å². The smallest absolute Gasteiger partial charge is 0.344 e. The van der Waals surface area contributed by atoms with Gasteiger partial charge in [0.2, 0.25) is 0 Å². The molecule has 0 aliphatic rings. The number of alkyl halides is 3. The number of anilines is 2. The molecule has 0 fully saturated rings. The van der Waals surface area contributed by atoms with Crippen molar-refractivity contribution in [1.29, 1.82) is 0 Å². The monoisotopic (exact) mass is 416 g/mol. The van der Waals surface area contributed by atoms with E-state index < -0.39 is 17.8 Å². The number of halogens is 3. The number of rotatable bonds is 3. The van der Waals surface area contributed by atoms with Crippen LogP contribution in [0.4, 0.5) is 29.3 Å². The summed E-state index contributed by atoms with van der Waals surface area (Å²) in [5, 5.41) is 7.96. The van der Waals surface area contributed by atoms with Crippen molar-refractivity contribution in [3.63, 3.8) is 0 Å². The summed E-state index contributed by atoms with van der Waals surface area (Å²) in [7, 11) is 0. The normalized spacial score (nSPS) is 11.6. The Morgan fingerprint density at radius 1 is 1.14 bits per heavy atom. The molecule has 0 unspecified atom stereocenters. The molecule has 0 saturated carbocycles. The molecule has 0 aliphatic heterocycles. The van der Waals surface area contributed by atoms with Crippen molar-refractivity contribution in [3.8, 4) is 11.1 Å². The molecule has 0 aliphatic carbocycles. The van der Waals surface area contributed by atoms with E-state index in [0.717, 1.165) is 33.5 Å². The SMILES string of the molecule is Cc1sccc1-c1cnc2[nH]cc(NC(=O)Nc3ccc(C(F)(F)F)cc3)c2c1. The number of urea groups is 1. The van der Waals surface area contributed by atoms with Crippen LogP contribution in [0, 0.1) is 6.92 Å². The Labute approximate surface area is 167 Å². The summed E-state index contributed by atoms with van der Waals surface area (Å²) >= 11 is 1.64. The fourth-order valence-corrected chi connectivity index (χ4v) is 3.69. The van der Waals surface area contributed by atoms with Crippen LogP contribution in [0.15, 0.2) is 54.2 Å². The predicted octanol–water partition coefficient (Wildman–Crippen LogP) is 6.26. The van der Waals surface area contributed by atoms with Crippen molar-refractivity contribution in [2.45, 2.75) is 13.1 Å². The molecule has 29 heavy (non-hydrogen) atoms. The van der Waals surface area contributed by atoms with Gasteiger partial charge in [-0.15, -0.1) is 11.3 Å². The van der Waals surface area contributed by atoms with Crippen molar-refractivity contribution in [2.75, 3.05) is 10.6 Å². The van der Waals surface area contributed by atoms with Crippen molar-refractivity contribution in [1.82, 2.24) is 9.97 Å². The van der Waals surface area contributed by atoms with Gasteiger partial charge in [-0.25, -0.2) is 9.78 Å². The first-order chi connectivity index (χ1) is 13.8. The Kier molecular flexibility index (Phi) is 4.75. The fraction of sp³-hybridized carbons (Fsp3) is 0.100. The number of fused-ring (bicyclic) bond motifs is 1. The summed E-state index contributed by atoms with van der Waals surface area (Å²) in [5.41, 5.74) is 2.62. The Hall–Kier alpha value is -3.33. The molecule has 0 radical (unpaired) electrons. The minimum Gasteiger partial charge on any atom is -0.344 e. The van der Waals surface area contributed by atoms with Gasteiger partial charge in [0.15, 0.2) is 0 Å². The van der Waals surface area contributed by atoms with Crippen LogP contribution in [-0.2, 0) is 6.18 Å². The highest BCUT2D eigenvalue weighted by Crippen LogP contribution is 2.32. The number of aryl methyl sites for hydroxylation is 1. The molecule has 9 heteroatoms. The number of carbonyl (C=O) groups is 1. The zero-order valence-electron chi connectivity index (χ0n) is 15.1. The summed E-state index contributed by atoms with van der Waals surface area (Å²) in [5.74, 6) is 0. The van der Waals surface area contributed by atoms with Gasteiger partial charge >= 0.3 is 12.2 Å². The summed E-state index contributed by atoms with van der Waals surface area (Å²) in [6.07, 6.45) is -1.04. The van der Waals surface area contributed by atoms with Crippen LogP contribution < -0.4 is 10.6 Å². The van der Waals surface area contributed by atoms with E-state index in [2.05, 4.69) is 20.6 Å². The number of hydrogen-bond acceptors (Lipinski definition) is 3. The highest BCUT2D eigenvalue weighted by atomic mass is 32.1. The van der Waals surface area contributed by atoms with Gasteiger partial charge in [0.05, 0.1) is 11.3 Å². The molecule has 2 amide bonds. The molecular formula is C20H15F3N4OS. The van der Waals surface area contributed by atoms with Crippen LogP contribution in [0.5, 0.6) is 0 Å². The van der Waals surface area contributed by atoms with Gasteiger partial charge in [0.1, 0.15) is 5.65 Å². The first kappa shape index (κ1) is 19.0. The maximum absolute atomic E-state index is 12.6. The van der Waals surface area contributed by atoms with E-state index >= 15 is 0 Å². The number of hydrogen-bond donors (Lipinski definition) is 3. The summed E-state index contributed by atoms with van der Waals surface area (Å²) < 4.78 is 37.9. The molecule has 148 valence electrons. The first-order valence-electron chi connectivity index (χ1n) is 8.58. The van der Waals surface area contributed by atoms with Crippen LogP contribution in [0.25, 0.3) is 22.2 Å². The molecule has 4 aromatic rings. The average molecular weight is 416 g/mol. The first-order valence-corrected chi connectivity index (χ1v) is 9.46. The number of benzene rings is 1. The third-order valence-corrected chi connectivity index (χ3v) is 5.26. The van der Waals surface area contributed by atoms with Crippen molar-refractivity contribution >= 4 is 39.8 Å². The van der Waals surface area contributed by atoms with Crippen molar-refractivity contribution < 1.29 is 18.0 Å². The number of nitrogens with one attached hydrogen (secondary N) is 3. The predicted molar refractivity (Wildman–Crippen MR) is 108 cm³/mol. The van der Waals surface area contributed by atoms with Crippen LogP contribution in [0.1, 0.15) is 10.4 Å². The lowest BCUT2D eigenvalue weighted by Crippen LogP contribution is -2.19. The Bertz CT molecular complexity index is 1180. The van der Waals surface area contributed by atoms with Crippen LogP contribution in [-0.4, -0.2) is 16.0 Å². The molecule has 0 saturated heterocycles. The van der Waals surface area contributed by atoms with E-state index in [4.69, 9.17) is 0 Å². The lowest BCUT2D eigenvalue weighted by atomic mass is 10.1. The third-order valence-electron chi connectivity index (χ3n) is 4.42. The summed E-state index contributed by atoms with van der Waals surface area (Å²) in [4.78, 5) is 20.8. The molecule has 0 atom stereocenters. The zero-order valence-corrected chi connectivity index (χ0v) is 15.9. The number of pyridine rings is 1. The maximum atomic E-state index is 12.6. The van der Waals surface area contributed by atoms with E-state index in [0.29, 0.717) is 11.3 Å². The largest absolute Gasteiger partial charge is 0.416 e. The third kappa shape index (κ3) is 3.95. The minimum atomic E-state index is -4.42. The summed E-state index contributed by atoms with van der Waals surface area (Å²) in [6.45, 7) is 2.03. The van der Waals surface area contributed by atoms with Crippen molar-refractivity contribution in [2.24, 2.45) is 0 Å². The van der Waals surface area contributed by atoms with E-state index in [9.17, 15) is 18.0 Å². The zero-order chi connectivity index (χ0) is 20.6. The minimum absolute atomic E-state index is 0.253. The molecule has 3 aromatic heterocycles. The number of H-pyrrole nitrogens is 1. The lowest BCUT2D eigenvalue weighted by Gasteiger charge is -2.09. The second-order valence-electron chi connectivity index (χ2n) is 6.37. The van der Waals surface area contributed by atoms with E-state index in [1.807, 2.05) is 24.4 Å². The van der Waals surface area contributed by atoms with Gasteiger partial charge in [-0.2, -0.15) is 13.2 Å². The molecule has 0 bridgehead atoms. The Morgan fingerprint density at radius 2 is 1.90 bits per heavy atom. The van der Waals surface area contributed by atoms with E-state index in [1.54, 1.807) is 23.7 Å². The van der Waals surface area contributed by atoms with Crippen LogP contribution in [0.2, 0.25) is 0 Å². The van der Waals surface area contributed by atoms with Gasteiger partial charge in [-0.3, -0.25) is 0 Å². The van der Waals surface area contributed by atoms with Crippen molar-refractivity contribution in [3.05, 3.63) is 64.6 Å². The number of aromatic nitrogens is 2. The van der Waals surface area contributed by atoms with Gasteiger partial charge in [0.25, 0.3) is 0 Å². The topological polar surface area (TPSA) is 69.8 Å². The molecule has 3 N–H and O–H groups in total. The molecule has 4 rings (SSSR count). The molecule has 3 heterocycles. The lowest BCUT2D eigenvalue weighted by molar-refractivity contribution is -0.137. The van der Waals surface area contributed by atoms with Gasteiger partial charge < -0.3 is 15.6 Å². The number of amides is 2. The standard InChI is InChI=1S/C20H15F3N4OS/c1-11-15(6-7-29-11)12-8-16-17(10-25-18(16)24-9-12)27-19(28)26-14-4-2-13(3-5-14)20(21,22)23/h2-10H,1H3,(H,24,25)(H2,26,27,28). The number of nitrogens with zero attached hydrogens (tertiary/aromatic N) is 1. The Balaban J connectivity index is 1.53. The molecule has 5 nitrogen and oxygen atoms in total. The highest BCUT2D eigenvalue weighted by molar-refractivity contribution is 7.10. The number of thiophene rings is 1. The van der Waals surface area contributed by atoms with Gasteiger partial charge in [-0.05, 0) is 54.3 Å². The fourth-order valence-electron chi connectivity index (χ4n) is 2.97. The molecule has 1 aromatic carbocycles. The quantitative estimate of drug-likeness (QED) is 0.369. The van der Waals surface area contributed by atoms with Gasteiger partial charge in [0, 0.05) is 33.9 Å². The Morgan fingerprint density at radius 3 is 2.55 bits per heavy atom. The van der Waals surface area contributed by atoms with Gasteiger partial charge in [-0.1, -0.05) is 0 Å². The summed E-state index contributed by atoms with van der Waals surface area (Å²) in [6, 6.07) is 7.62.